The number of nitrogens with one attached hydrogen (secondary N) is 1. The van der Waals surface area contributed by atoms with E-state index in [2.05, 4.69) is 26.2 Å². The van der Waals surface area contributed by atoms with E-state index in [0.29, 0.717) is 0 Å². The molecule has 0 fully saturated rings. The van der Waals surface area contributed by atoms with Gasteiger partial charge in [0.15, 0.2) is 0 Å². The monoisotopic (exact) mass is 312 g/mol. The second-order valence-electron chi connectivity index (χ2n) is 3.94. The molecule has 3 rings (SSSR count). The van der Waals surface area contributed by atoms with Crippen molar-refractivity contribution >= 4 is 27.3 Å². The van der Waals surface area contributed by atoms with Crippen LogP contribution in [0, 0.1) is 5.82 Å². The van der Waals surface area contributed by atoms with E-state index in [-0.39, 0.29) is 5.82 Å². The zero-order valence-corrected chi connectivity index (χ0v) is 11.4. The van der Waals surface area contributed by atoms with Crippen LogP contribution in [0.25, 0.3) is 10.6 Å². The summed E-state index contributed by atoms with van der Waals surface area (Å²) in [6.45, 7) is 1.88. The van der Waals surface area contributed by atoms with Gasteiger partial charge < -0.3 is 5.32 Å². The molecule has 1 aliphatic rings. The number of hydrogen-bond donors (Lipinski definition) is 1. The maximum absolute atomic E-state index is 13.0. The predicted molar refractivity (Wildman–Crippen MR) is 70.6 cm³/mol. The highest BCUT2D eigenvalue weighted by Crippen LogP contribution is 2.34. The third-order valence-corrected chi connectivity index (χ3v) is 4.55. The third-order valence-electron chi connectivity index (χ3n) is 2.76. The van der Waals surface area contributed by atoms with Gasteiger partial charge in [-0.15, -0.1) is 11.3 Å². The summed E-state index contributed by atoms with van der Waals surface area (Å²) in [6, 6.07) is 4.73. The van der Waals surface area contributed by atoms with Gasteiger partial charge in [0.2, 0.25) is 0 Å². The fourth-order valence-electron chi connectivity index (χ4n) is 1.90. The smallest absolute Gasteiger partial charge is 0.125 e. The predicted octanol–water partition coefficient (Wildman–Crippen LogP) is 3.36. The van der Waals surface area contributed by atoms with Crippen molar-refractivity contribution < 1.29 is 4.39 Å². The number of aromatic nitrogens is 1. The lowest BCUT2D eigenvalue weighted by Crippen LogP contribution is -2.22. The Hall–Kier alpha value is -0.780. The van der Waals surface area contributed by atoms with Gasteiger partial charge in [0, 0.05) is 34.4 Å². The van der Waals surface area contributed by atoms with E-state index in [1.165, 1.54) is 22.7 Å². The van der Waals surface area contributed by atoms with E-state index in [1.807, 2.05) is 0 Å². The lowest BCUT2D eigenvalue weighted by molar-refractivity contribution is 0.627. The van der Waals surface area contributed by atoms with Crippen molar-refractivity contribution in [2.75, 3.05) is 6.54 Å². The molecule has 1 aromatic carbocycles. The van der Waals surface area contributed by atoms with E-state index >= 15 is 0 Å². The number of rotatable bonds is 1. The summed E-state index contributed by atoms with van der Waals surface area (Å²) in [5.41, 5.74) is 2.14. The SMILES string of the molecule is Fc1ccc(-c2nc3c(s2)CNCC3)c(Br)c1. The Labute approximate surface area is 111 Å². The van der Waals surface area contributed by atoms with Crippen molar-refractivity contribution in [3.8, 4) is 10.6 Å². The van der Waals surface area contributed by atoms with Crippen molar-refractivity contribution in [3.05, 3.63) is 39.1 Å². The molecule has 0 spiro atoms. The van der Waals surface area contributed by atoms with E-state index in [0.717, 1.165) is 34.6 Å². The average Bonchev–Trinajstić information content (AvgIpc) is 2.72. The first-order valence-corrected chi connectivity index (χ1v) is 7.00. The first-order chi connectivity index (χ1) is 8.24. The van der Waals surface area contributed by atoms with Gasteiger partial charge in [0.05, 0.1) is 5.69 Å². The average molecular weight is 313 g/mol. The molecule has 2 heterocycles. The Morgan fingerprint density at radius 2 is 2.29 bits per heavy atom. The highest BCUT2D eigenvalue weighted by Gasteiger charge is 2.16. The fourth-order valence-corrected chi connectivity index (χ4v) is 3.69. The summed E-state index contributed by atoms with van der Waals surface area (Å²) in [5.74, 6) is -0.233. The van der Waals surface area contributed by atoms with Gasteiger partial charge in [0.1, 0.15) is 10.8 Å². The van der Waals surface area contributed by atoms with Gasteiger partial charge in [0.25, 0.3) is 0 Å². The van der Waals surface area contributed by atoms with E-state index < -0.39 is 0 Å². The van der Waals surface area contributed by atoms with Gasteiger partial charge in [-0.1, -0.05) is 0 Å². The van der Waals surface area contributed by atoms with Crippen LogP contribution in [0.5, 0.6) is 0 Å². The van der Waals surface area contributed by atoms with Gasteiger partial charge in [-0.05, 0) is 34.1 Å². The topological polar surface area (TPSA) is 24.9 Å². The molecule has 88 valence electrons. The molecule has 1 aromatic heterocycles. The summed E-state index contributed by atoms with van der Waals surface area (Å²) >= 11 is 5.07. The van der Waals surface area contributed by atoms with Crippen LogP contribution in [-0.4, -0.2) is 11.5 Å². The number of hydrogen-bond acceptors (Lipinski definition) is 3. The molecule has 0 aliphatic carbocycles. The van der Waals surface area contributed by atoms with Crippen LogP contribution in [0.1, 0.15) is 10.6 Å². The first kappa shape index (κ1) is 11.3. The van der Waals surface area contributed by atoms with Crippen LogP contribution in [0.3, 0.4) is 0 Å². The van der Waals surface area contributed by atoms with Crippen molar-refractivity contribution in [1.82, 2.24) is 10.3 Å². The largest absolute Gasteiger partial charge is 0.311 e. The van der Waals surface area contributed by atoms with Crippen LogP contribution in [0.4, 0.5) is 4.39 Å². The third kappa shape index (κ3) is 2.14. The molecule has 0 bridgehead atoms. The minimum Gasteiger partial charge on any atom is -0.311 e. The van der Waals surface area contributed by atoms with Gasteiger partial charge in [-0.2, -0.15) is 0 Å². The zero-order valence-electron chi connectivity index (χ0n) is 8.96. The number of halogens is 2. The molecule has 0 unspecified atom stereocenters. The molecule has 2 aromatic rings. The lowest BCUT2D eigenvalue weighted by atomic mass is 10.2. The Morgan fingerprint density at radius 1 is 1.41 bits per heavy atom. The van der Waals surface area contributed by atoms with E-state index in [9.17, 15) is 4.39 Å². The van der Waals surface area contributed by atoms with Crippen molar-refractivity contribution in [2.45, 2.75) is 13.0 Å². The standard InChI is InChI=1S/C12H10BrFN2S/c13-9-5-7(14)1-2-8(9)12-16-10-3-4-15-6-11(10)17-12/h1-2,5,15H,3-4,6H2. The minimum atomic E-state index is -0.233. The molecular weight excluding hydrogens is 303 g/mol. The Morgan fingerprint density at radius 3 is 3.06 bits per heavy atom. The fraction of sp³-hybridized carbons (Fsp3) is 0.250. The molecule has 17 heavy (non-hydrogen) atoms. The molecule has 0 atom stereocenters. The van der Waals surface area contributed by atoms with Crippen LogP contribution in [0.15, 0.2) is 22.7 Å². The Kier molecular flexibility index (Phi) is 2.98. The second kappa shape index (κ2) is 4.48. The van der Waals surface area contributed by atoms with Gasteiger partial charge in [-0.25, -0.2) is 9.37 Å². The maximum atomic E-state index is 13.0. The van der Waals surface area contributed by atoms with Crippen LogP contribution in [0.2, 0.25) is 0 Å². The quantitative estimate of drug-likeness (QED) is 0.873. The Balaban J connectivity index is 2.06. The molecular formula is C12H10BrFN2S. The summed E-state index contributed by atoms with van der Waals surface area (Å²) in [7, 11) is 0. The highest BCUT2D eigenvalue weighted by molar-refractivity contribution is 9.10. The van der Waals surface area contributed by atoms with Crippen LogP contribution >= 0.6 is 27.3 Å². The molecule has 0 saturated heterocycles. The normalized spacial score (nSPS) is 14.7. The van der Waals surface area contributed by atoms with Gasteiger partial charge >= 0.3 is 0 Å². The molecule has 1 N–H and O–H groups in total. The lowest BCUT2D eigenvalue weighted by Gasteiger charge is -2.09. The summed E-state index contributed by atoms with van der Waals surface area (Å²) in [4.78, 5) is 5.93. The van der Waals surface area contributed by atoms with Crippen LogP contribution in [-0.2, 0) is 13.0 Å². The van der Waals surface area contributed by atoms with E-state index in [1.54, 1.807) is 17.4 Å². The molecule has 0 saturated carbocycles. The number of fused-ring (bicyclic) bond motifs is 1. The molecule has 5 heteroatoms. The molecule has 0 amide bonds. The Bertz CT molecular complexity index is 544. The van der Waals surface area contributed by atoms with Crippen LogP contribution < -0.4 is 5.32 Å². The molecule has 1 aliphatic heterocycles. The maximum Gasteiger partial charge on any atom is 0.125 e. The second-order valence-corrected chi connectivity index (χ2v) is 5.88. The first-order valence-electron chi connectivity index (χ1n) is 5.39. The zero-order chi connectivity index (χ0) is 11.8. The van der Waals surface area contributed by atoms with Crippen molar-refractivity contribution in [1.29, 1.82) is 0 Å². The summed E-state index contributed by atoms with van der Waals surface area (Å²) in [6.07, 6.45) is 0.977. The molecule has 2 nitrogen and oxygen atoms in total. The molecule has 0 radical (unpaired) electrons. The summed E-state index contributed by atoms with van der Waals surface area (Å²) in [5, 5.41) is 4.29. The van der Waals surface area contributed by atoms with Gasteiger partial charge in [-0.3, -0.25) is 0 Å². The number of benzene rings is 1. The number of thiazole rings is 1. The van der Waals surface area contributed by atoms with E-state index in [4.69, 9.17) is 0 Å². The minimum absolute atomic E-state index is 0.233. The number of nitrogens with zero attached hydrogens (tertiary/aromatic N) is 1. The summed E-state index contributed by atoms with van der Waals surface area (Å²) < 4.78 is 13.8. The van der Waals surface area contributed by atoms with Crippen molar-refractivity contribution in [2.24, 2.45) is 0 Å². The highest BCUT2D eigenvalue weighted by atomic mass is 79.9. The van der Waals surface area contributed by atoms with Crippen molar-refractivity contribution in [3.63, 3.8) is 0 Å².